The number of nitrogens with one attached hydrogen (secondary N) is 5. The number of carbonyl (C=O) groups excluding carboxylic acids is 12. The van der Waals surface area contributed by atoms with Gasteiger partial charge in [-0.25, -0.2) is 24.2 Å². The largest absolute Gasteiger partial charge is 0.351 e. The van der Waals surface area contributed by atoms with Gasteiger partial charge in [0.05, 0.1) is 26.3 Å². The molecule has 21 nitrogen and oxygen atoms in total. The quantitative estimate of drug-likeness (QED) is 0.161. The molecule has 0 heterocycles. The lowest BCUT2D eigenvalue weighted by molar-refractivity contribution is -0.215. The molecule has 5 N–H and O–H groups in total. The highest BCUT2D eigenvalue weighted by molar-refractivity contribution is 6.06. The van der Waals surface area contributed by atoms with Crippen LogP contribution in [0.15, 0.2) is 82.0 Å². The molecule has 150 heavy (non-hydrogen) atoms. The van der Waals surface area contributed by atoms with Crippen LogP contribution >= 0.6 is 0 Å². The Balaban J connectivity index is 0.000000136. The van der Waals surface area contributed by atoms with E-state index in [0.29, 0.717) is 18.6 Å². The van der Waals surface area contributed by atoms with Crippen molar-refractivity contribution in [2.24, 2.45) is 185 Å². The number of allylic oxidation sites excluding steroid dienone is 14. The molecule has 20 rings (SSSR count). The van der Waals surface area contributed by atoms with Gasteiger partial charge in [0.25, 0.3) is 0 Å². The fourth-order valence-corrected chi connectivity index (χ4v) is 41.3. The average molecular weight is 2050 g/mol. The molecule has 814 valence electrons. The summed E-state index contributed by atoms with van der Waals surface area (Å²) in [5.41, 5.74) is -2.69. The maximum Gasteiger partial charge on any atom is 0.314 e. The van der Waals surface area contributed by atoms with Crippen LogP contribution < -0.4 is 26.6 Å². The van der Waals surface area contributed by atoms with Crippen molar-refractivity contribution in [3.05, 3.63) is 128 Å². The molecule has 0 bridgehead atoms. The molecular weight excluding hydrogens is 1870 g/mol. The normalized spacial score (nSPS) is 45.7. The molecule has 0 saturated heterocycles. The number of nitrogens with zero attached hydrogens (tertiary/aromatic N) is 4. The van der Waals surface area contributed by atoms with Gasteiger partial charge in [0.15, 0.2) is 40.5 Å². The molecule has 29 atom stereocenters. The fraction of sp³-hybridized carbons (Fsp3) is 0.767. The Kier molecular flexibility index (Phi) is 26.5. The van der Waals surface area contributed by atoms with E-state index in [0.717, 1.165) is 197 Å². The molecule has 0 aromatic carbocycles. The van der Waals surface area contributed by atoms with E-state index in [4.69, 9.17) is 26.3 Å². The minimum Gasteiger partial charge on any atom is -0.351 e. The standard InChI is InChI=1S/C33H46N2O3.C32H45N3O3.C32H46N2O3.C32H44N2O3/c1-10-25(37)35-33-15-13-28(2,3)18-20(33)26-22(36)17-24-30(6)19-21(34-9)27(38)29(4,5)23(30)11-12-31(24,7)32(26,8)14-16-33;1-27(2)12-14-32(35-26(38)34-9)15-13-31(7)24(19(32)17-27)21(36)16-23-29(5)18-20(33-8)25(37)28(3,4)22(29)10-11-30(23,31)6;2*1-19(35)34-32-14-12-27(2,3)17-20(32)25-22(36)16-24-29(6)18-21(33-9)26(37)28(4,5)23(29)10-11-30(24,7)31(25,8)13-15-32/h17,19-20,23,26H,10-16,18H2,1-8H3,(H,35,37);16,18-19,22,24H,10-15,17H2,1-7,9H3,(H2,34,35,38);18,20,23-25H,10-17H2,1-8H3,(H,34,35);16,18,20,23,25H,10-15,17H2,1-8H3,(H,34,35)/t20?,23-,26?,30-,31+,32+,33-;19?,22-,24?,29-,30+,31+,32-;20?,23-,24+,25?,29-,30+,31+,32-;20?,23-,25?,29-,30+,31+,32-/m0000/s1. The second-order valence-corrected chi connectivity index (χ2v) is 60.9. The first-order valence-electron chi connectivity index (χ1n) is 57.8. The third-order valence-corrected chi connectivity index (χ3v) is 50.1. The minimum absolute atomic E-state index is 0.00190. The third kappa shape index (κ3) is 15.7. The number of amides is 5. The molecule has 0 aromatic heterocycles. The van der Waals surface area contributed by atoms with Crippen molar-refractivity contribution < 1.29 is 57.5 Å². The number of urea groups is 1. The Bertz CT molecular complexity index is 6070. The van der Waals surface area contributed by atoms with E-state index in [-0.39, 0.29) is 257 Å². The first-order chi connectivity index (χ1) is 69.0. The zero-order valence-corrected chi connectivity index (χ0v) is 97.4. The highest BCUT2D eigenvalue weighted by Crippen LogP contribution is 2.81. The highest BCUT2D eigenvalue weighted by Gasteiger charge is 2.78. The second-order valence-electron chi connectivity index (χ2n) is 60.9. The summed E-state index contributed by atoms with van der Waals surface area (Å²) in [6.07, 6.45) is 40.6. The van der Waals surface area contributed by atoms with E-state index in [1.807, 2.05) is 105 Å². The van der Waals surface area contributed by atoms with E-state index in [1.165, 1.54) is 0 Å². The predicted octanol–water partition coefficient (Wildman–Crippen LogP) is 26.1. The summed E-state index contributed by atoms with van der Waals surface area (Å²) in [6, 6.07) is -0.164. The number of hydrogen-bond acceptors (Lipinski definition) is 12. The van der Waals surface area contributed by atoms with Crippen LogP contribution in [-0.2, 0) is 52.7 Å². The van der Waals surface area contributed by atoms with E-state index in [9.17, 15) is 57.5 Å². The van der Waals surface area contributed by atoms with Gasteiger partial charge in [-0.2, -0.15) is 0 Å². The van der Waals surface area contributed by atoms with Gasteiger partial charge in [-0.1, -0.05) is 242 Å². The summed E-state index contributed by atoms with van der Waals surface area (Å²) in [4.78, 5) is 176. The van der Waals surface area contributed by atoms with E-state index >= 15 is 0 Å². The number of fused-ring (bicyclic) bond motifs is 28. The Labute approximate surface area is 898 Å². The van der Waals surface area contributed by atoms with Crippen molar-refractivity contribution in [3.63, 3.8) is 0 Å². The highest BCUT2D eigenvalue weighted by atomic mass is 16.2. The third-order valence-electron chi connectivity index (χ3n) is 50.1. The predicted molar refractivity (Wildman–Crippen MR) is 584 cm³/mol. The van der Waals surface area contributed by atoms with Gasteiger partial charge < -0.3 is 45.8 Å². The number of hydrogen-bond donors (Lipinski definition) is 5. The monoisotopic (exact) mass is 2050 g/mol. The van der Waals surface area contributed by atoms with Crippen LogP contribution in [0.25, 0.3) is 19.4 Å². The van der Waals surface area contributed by atoms with Gasteiger partial charge in [0.2, 0.25) is 40.5 Å². The summed E-state index contributed by atoms with van der Waals surface area (Å²) in [5, 5.41) is 16.4. The zero-order valence-electron chi connectivity index (χ0n) is 97.4. The molecule has 0 spiro atoms. The summed E-state index contributed by atoms with van der Waals surface area (Å²) in [7, 11) is 1.66. The lowest BCUT2D eigenvalue weighted by atomic mass is 9.32. The van der Waals surface area contributed by atoms with Gasteiger partial charge in [-0.05, 0) is 322 Å². The lowest BCUT2D eigenvalue weighted by Crippen LogP contribution is -2.72. The number of Topliss-reactive ketones (excluding diaryl/α,β-unsaturated/α-hetero) is 5. The van der Waals surface area contributed by atoms with Gasteiger partial charge in [-0.15, -0.1) is 0 Å². The van der Waals surface area contributed by atoms with Gasteiger partial charge in [0.1, 0.15) is 5.78 Å². The Morgan fingerprint density at radius 2 is 0.580 bits per heavy atom. The van der Waals surface area contributed by atoms with Gasteiger partial charge in [0, 0.05) is 117 Å². The second kappa shape index (κ2) is 35.3. The van der Waals surface area contributed by atoms with Crippen molar-refractivity contribution in [1.29, 1.82) is 0 Å². The molecule has 0 aliphatic heterocycles. The first-order valence-corrected chi connectivity index (χ1v) is 57.8. The van der Waals surface area contributed by atoms with Crippen molar-refractivity contribution in [2.75, 3.05) is 7.05 Å². The van der Waals surface area contributed by atoms with Crippen molar-refractivity contribution in [2.45, 2.75) is 429 Å². The van der Waals surface area contributed by atoms with Crippen LogP contribution in [0.4, 0.5) is 4.79 Å². The molecule has 20 aliphatic rings. The molecule has 13 fully saturated rings. The van der Waals surface area contributed by atoms with Crippen LogP contribution in [0.2, 0.25) is 0 Å². The van der Waals surface area contributed by atoms with Crippen molar-refractivity contribution >= 4 is 70.0 Å². The smallest absolute Gasteiger partial charge is 0.314 e. The van der Waals surface area contributed by atoms with Crippen LogP contribution in [0.1, 0.15) is 407 Å². The lowest BCUT2D eigenvalue weighted by Gasteiger charge is -2.72. The molecule has 0 aromatic rings. The van der Waals surface area contributed by atoms with Crippen molar-refractivity contribution in [1.82, 2.24) is 26.6 Å². The minimum atomic E-state index is -0.654. The van der Waals surface area contributed by atoms with Crippen LogP contribution in [-0.4, -0.2) is 99.2 Å². The van der Waals surface area contributed by atoms with Gasteiger partial charge in [-0.3, -0.25) is 33.6 Å². The Morgan fingerprint density at radius 3 is 0.873 bits per heavy atom. The molecule has 21 heteroatoms. The average Bonchev–Trinajstić information content (AvgIpc) is 0.678. The molecule has 8 unspecified atom stereocenters. The van der Waals surface area contributed by atoms with E-state index < -0.39 is 37.9 Å². The topological polar surface area (TPSA) is 282 Å². The number of ketones is 8. The zero-order chi connectivity index (χ0) is 111. The van der Waals surface area contributed by atoms with Crippen molar-refractivity contribution in [3.8, 4) is 0 Å². The summed E-state index contributed by atoms with van der Waals surface area (Å²) < 4.78 is 0. The molecule has 5 amide bonds. The fourth-order valence-electron chi connectivity index (χ4n) is 41.3. The number of carbonyl (C=O) groups is 12. The molecule has 13 saturated carbocycles. The number of rotatable bonds is 5. The van der Waals surface area contributed by atoms with Crippen LogP contribution in [0.3, 0.4) is 0 Å². The summed E-state index contributed by atoms with van der Waals surface area (Å²) >= 11 is 0. The SMILES string of the molecule is [C-]#[N+]C1=C[C@]2(C)C3=CC(=O)C4C5CC(C)(C)CC[C@]5(NC(=O)CC)CC[C@@]4(C)[C@]3(C)CC[C@H]2C(C)(C)C1=O.[C-]#[N+]C1=C[C@]2(C)C3=CC(=O)C4C5CC(C)(C)CC[C@]5(NC(=O)NC)CC[C@@]4(C)[C@]3(C)CC[C@H]2C(C)(C)C1=O.[C-]#[N+]C1=C[C@]2(C)C3=CC(=O)C4C5CC(C)(C)CC[C@]5(NC(C)=O)CC[C@@]4(C)[C@]3(C)CC[C@H]2C(C)(C)C1=O.[C-]#[N+]C1=C[C@]2(C)[C@H]3CC(=O)C4C5CC(C)(C)CC[C@]5(NC(C)=O)CC[C@@]4(C)[C@]3(C)CC[C@H]2C(C)(C)C1=O. The first kappa shape index (κ1) is 112. The Hall–Kier alpha value is -8.82. The summed E-state index contributed by atoms with van der Waals surface area (Å²) in [5.74, 6) is 0.985. The van der Waals surface area contributed by atoms with Crippen LogP contribution in [0.5, 0.6) is 0 Å². The molecular formula is C129H181N9O12. The Morgan fingerprint density at radius 1 is 0.313 bits per heavy atom. The molecule has 0 radical (unpaired) electrons. The molecule has 20 aliphatic carbocycles. The van der Waals surface area contributed by atoms with E-state index in [1.54, 1.807) is 20.9 Å². The summed E-state index contributed by atoms with van der Waals surface area (Å²) in [6.45, 7) is 98.2. The van der Waals surface area contributed by atoms with Gasteiger partial charge >= 0.3 is 6.03 Å². The maximum absolute atomic E-state index is 14.5. The van der Waals surface area contributed by atoms with E-state index in [2.05, 4.69) is 184 Å². The maximum atomic E-state index is 14.5. The van der Waals surface area contributed by atoms with Crippen LogP contribution in [0, 0.1) is 212 Å².